The van der Waals surface area contributed by atoms with Crippen molar-refractivity contribution in [3.8, 4) is 0 Å². The van der Waals surface area contributed by atoms with Crippen molar-refractivity contribution in [3.05, 3.63) is 45.2 Å². The molecule has 0 radical (unpaired) electrons. The Labute approximate surface area is 115 Å². The average Bonchev–Trinajstić information content (AvgIpc) is 2.63. The van der Waals surface area contributed by atoms with E-state index in [0.29, 0.717) is 16.7 Å². The van der Waals surface area contributed by atoms with Crippen LogP contribution in [0, 0.1) is 13.8 Å². The maximum atomic E-state index is 10.3. The fourth-order valence-electron chi connectivity index (χ4n) is 2.02. The molecule has 0 amide bonds. The molecule has 0 aliphatic rings. The van der Waals surface area contributed by atoms with Gasteiger partial charge in [0, 0.05) is 13.5 Å². The molecule has 0 saturated carbocycles. The summed E-state index contributed by atoms with van der Waals surface area (Å²) < 4.78 is 2.20. The van der Waals surface area contributed by atoms with Crippen molar-refractivity contribution in [2.45, 2.75) is 26.4 Å². The van der Waals surface area contributed by atoms with Gasteiger partial charge >= 0.3 is 0 Å². The van der Waals surface area contributed by atoms with Crippen LogP contribution in [0.25, 0.3) is 0 Å². The fourth-order valence-corrected chi connectivity index (χ4v) is 2.61. The van der Waals surface area contributed by atoms with E-state index in [0.717, 1.165) is 5.56 Å². The van der Waals surface area contributed by atoms with Crippen molar-refractivity contribution in [1.82, 2.24) is 15.0 Å². The van der Waals surface area contributed by atoms with Gasteiger partial charge in [-0.2, -0.15) is 0 Å². The van der Waals surface area contributed by atoms with Crippen LogP contribution < -0.4 is 0 Å². The van der Waals surface area contributed by atoms with E-state index in [9.17, 15) is 5.11 Å². The Hall–Kier alpha value is -1.20. The predicted octanol–water partition coefficient (Wildman–Crippen LogP) is 2.47. The van der Waals surface area contributed by atoms with Crippen LogP contribution in [-0.2, 0) is 13.5 Å². The van der Waals surface area contributed by atoms with Crippen LogP contribution in [0.15, 0.2) is 22.8 Å². The molecule has 0 spiro atoms. The Bertz CT molecular complexity index is 546. The molecule has 1 atom stereocenters. The first-order valence-electron chi connectivity index (χ1n) is 5.78. The summed E-state index contributed by atoms with van der Waals surface area (Å²) in [5.41, 5.74) is 4.24. The summed E-state index contributed by atoms with van der Waals surface area (Å²) in [6, 6.07) is 6.26. The van der Waals surface area contributed by atoms with Gasteiger partial charge in [-0.05, 0) is 40.9 Å². The van der Waals surface area contributed by atoms with Gasteiger partial charge in [-0.3, -0.25) is 0 Å². The van der Waals surface area contributed by atoms with Crippen LogP contribution in [0.4, 0.5) is 0 Å². The molecule has 0 fully saturated rings. The summed E-state index contributed by atoms with van der Waals surface area (Å²) in [6.07, 6.45) is -0.0484. The molecule has 0 bridgehead atoms. The molecule has 0 aliphatic heterocycles. The van der Waals surface area contributed by atoms with Crippen LogP contribution in [0.3, 0.4) is 0 Å². The largest absolute Gasteiger partial charge is 0.386 e. The minimum Gasteiger partial charge on any atom is -0.386 e. The molecule has 0 saturated heterocycles. The lowest BCUT2D eigenvalue weighted by molar-refractivity contribution is 0.167. The third-order valence-corrected chi connectivity index (χ3v) is 3.63. The highest BCUT2D eigenvalue weighted by Crippen LogP contribution is 2.25. The van der Waals surface area contributed by atoms with E-state index in [2.05, 4.69) is 58.3 Å². The molecule has 1 aromatic carbocycles. The van der Waals surface area contributed by atoms with Gasteiger partial charge in [-0.15, -0.1) is 5.10 Å². The summed E-state index contributed by atoms with van der Waals surface area (Å²) in [4.78, 5) is 0. The minimum absolute atomic E-state index is 0.563. The van der Waals surface area contributed by atoms with Gasteiger partial charge in [0.1, 0.15) is 11.8 Å². The number of rotatable bonds is 3. The number of hydrogen-bond acceptors (Lipinski definition) is 3. The zero-order valence-corrected chi connectivity index (χ0v) is 12.3. The number of aliphatic hydroxyl groups is 1. The Morgan fingerprint density at radius 2 is 2.11 bits per heavy atom. The zero-order chi connectivity index (χ0) is 13.3. The van der Waals surface area contributed by atoms with Gasteiger partial charge < -0.3 is 5.11 Å². The molecule has 18 heavy (non-hydrogen) atoms. The van der Waals surface area contributed by atoms with Crippen LogP contribution in [0.1, 0.15) is 28.5 Å². The maximum Gasteiger partial charge on any atom is 0.154 e. The number of halogens is 1. The van der Waals surface area contributed by atoms with Gasteiger partial charge in [0.2, 0.25) is 0 Å². The molecular formula is C13H16BrN3O. The summed E-state index contributed by atoms with van der Waals surface area (Å²) in [7, 11) is 1.78. The topological polar surface area (TPSA) is 50.9 Å². The van der Waals surface area contributed by atoms with Gasteiger partial charge in [0.05, 0.1) is 0 Å². The third-order valence-electron chi connectivity index (χ3n) is 3.06. The quantitative estimate of drug-likeness (QED) is 0.947. The number of aliphatic hydroxyl groups excluding tert-OH is 1. The monoisotopic (exact) mass is 309 g/mol. The highest BCUT2D eigenvalue weighted by atomic mass is 79.9. The normalized spacial score (nSPS) is 12.7. The predicted molar refractivity (Wildman–Crippen MR) is 73.3 cm³/mol. The molecule has 0 aliphatic carbocycles. The first-order chi connectivity index (χ1) is 8.49. The second-order valence-electron chi connectivity index (χ2n) is 4.54. The standard InChI is InChI=1S/C13H16BrN3O/c1-8-4-5-9(2)10(6-8)7-11(18)12-13(14)15-16-17(12)3/h4-6,11,18H,7H2,1-3H3. The SMILES string of the molecule is Cc1ccc(C)c(CC(O)c2c(Br)nnn2C)c1. The minimum atomic E-state index is -0.611. The maximum absolute atomic E-state index is 10.3. The lowest BCUT2D eigenvalue weighted by Gasteiger charge is -2.13. The van der Waals surface area contributed by atoms with Gasteiger partial charge in [-0.1, -0.05) is 29.0 Å². The van der Waals surface area contributed by atoms with E-state index in [1.165, 1.54) is 11.1 Å². The Kier molecular flexibility index (Phi) is 3.82. The highest BCUT2D eigenvalue weighted by Gasteiger charge is 2.18. The third kappa shape index (κ3) is 2.62. The zero-order valence-electron chi connectivity index (χ0n) is 10.7. The molecule has 96 valence electrons. The molecule has 1 N–H and O–H groups in total. The second kappa shape index (κ2) is 5.20. The fraction of sp³-hybridized carbons (Fsp3) is 0.385. The van der Waals surface area contributed by atoms with Gasteiger partial charge in [0.25, 0.3) is 0 Å². The van der Waals surface area contributed by atoms with Crippen LogP contribution in [-0.4, -0.2) is 20.1 Å². The van der Waals surface area contributed by atoms with Crippen LogP contribution in [0.5, 0.6) is 0 Å². The average molecular weight is 310 g/mol. The van der Waals surface area contributed by atoms with Crippen LogP contribution in [0.2, 0.25) is 0 Å². The number of aromatic nitrogens is 3. The van der Waals surface area contributed by atoms with E-state index >= 15 is 0 Å². The van der Waals surface area contributed by atoms with Crippen molar-refractivity contribution in [1.29, 1.82) is 0 Å². The summed E-state index contributed by atoms with van der Waals surface area (Å²) in [5, 5.41) is 18.1. The number of benzene rings is 1. The van der Waals surface area contributed by atoms with E-state index < -0.39 is 6.10 Å². The molecule has 1 heterocycles. The van der Waals surface area contributed by atoms with E-state index in [1.54, 1.807) is 11.7 Å². The number of aryl methyl sites for hydroxylation is 3. The Balaban J connectivity index is 2.26. The van der Waals surface area contributed by atoms with Gasteiger partial charge in [0.15, 0.2) is 4.60 Å². The molecule has 2 rings (SSSR count). The van der Waals surface area contributed by atoms with Crippen molar-refractivity contribution in [3.63, 3.8) is 0 Å². The van der Waals surface area contributed by atoms with Crippen LogP contribution >= 0.6 is 15.9 Å². The summed E-state index contributed by atoms with van der Waals surface area (Å²) >= 11 is 3.31. The van der Waals surface area contributed by atoms with Crippen molar-refractivity contribution in [2.24, 2.45) is 7.05 Å². The lowest BCUT2D eigenvalue weighted by atomic mass is 9.99. The van der Waals surface area contributed by atoms with E-state index in [1.807, 2.05) is 0 Å². The summed E-state index contributed by atoms with van der Waals surface area (Å²) in [5.74, 6) is 0. The molecule has 2 aromatic rings. The Morgan fingerprint density at radius 3 is 2.72 bits per heavy atom. The molecule has 1 aromatic heterocycles. The molecular weight excluding hydrogens is 294 g/mol. The molecule has 4 nitrogen and oxygen atoms in total. The Morgan fingerprint density at radius 1 is 1.39 bits per heavy atom. The first kappa shape index (κ1) is 13.2. The summed E-state index contributed by atoms with van der Waals surface area (Å²) in [6.45, 7) is 4.11. The lowest BCUT2D eigenvalue weighted by Crippen LogP contribution is -2.09. The number of nitrogens with zero attached hydrogens (tertiary/aromatic N) is 3. The highest BCUT2D eigenvalue weighted by molar-refractivity contribution is 9.10. The second-order valence-corrected chi connectivity index (χ2v) is 5.29. The molecule has 1 unspecified atom stereocenters. The smallest absolute Gasteiger partial charge is 0.154 e. The number of hydrogen-bond donors (Lipinski definition) is 1. The van der Waals surface area contributed by atoms with Gasteiger partial charge in [-0.25, -0.2) is 4.68 Å². The molecule has 5 heteroatoms. The van der Waals surface area contributed by atoms with E-state index in [-0.39, 0.29) is 0 Å². The first-order valence-corrected chi connectivity index (χ1v) is 6.57. The van der Waals surface area contributed by atoms with Crippen molar-refractivity contribution >= 4 is 15.9 Å². The van der Waals surface area contributed by atoms with Crippen molar-refractivity contribution in [2.75, 3.05) is 0 Å². The van der Waals surface area contributed by atoms with Crippen molar-refractivity contribution < 1.29 is 5.11 Å². The van der Waals surface area contributed by atoms with E-state index in [4.69, 9.17) is 0 Å².